The van der Waals surface area contributed by atoms with Crippen molar-refractivity contribution in [3.8, 4) is 0 Å². The summed E-state index contributed by atoms with van der Waals surface area (Å²) in [5.74, 6) is 1.05. The van der Waals surface area contributed by atoms with Gasteiger partial charge in [0.1, 0.15) is 0 Å². The molecule has 2 heterocycles. The number of nitrogens with one attached hydrogen (secondary N) is 1. The molecular weight excluding hydrogens is 176 g/mol. The highest BCUT2D eigenvalue weighted by Crippen LogP contribution is 2.19. The Bertz CT molecular complexity index is 286. The Morgan fingerprint density at radius 3 is 2.71 bits per heavy atom. The van der Waals surface area contributed by atoms with Crippen LogP contribution >= 0.6 is 0 Å². The lowest BCUT2D eigenvalue weighted by molar-refractivity contribution is 0.573. The predicted molar refractivity (Wildman–Crippen MR) is 57.3 cm³/mol. The van der Waals surface area contributed by atoms with Crippen LogP contribution in [0.25, 0.3) is 0 Å². The SMILES string of the molecule is CC(N)c1cc(N2CCCCC2)n[nH]1. The van der Waals surface area contributed by atoms with Crippen LogP contribution in [0.1, 0.15) is 37.9 Å². The van der Waals surface area contributed by atoms with Gasteiger partial charge in [0, 0.05) is 25.2 Å². The summed E-state index contributed by atoms with van der Waals surface area (Å²) in [5, 5.41) is 7.27. The zero-order valence-corrected chi connectivity index (χ0v) is 8.66. The van der Waals surface area contributed by atoms with E-state index in [2.05, 4.69) is 21.2 Å². The summed E-state index contributed by atoms with van der Waals surface area (Å²) in [5.41, 5.74) is 6.79. The molecular formula is C10H18N4. The number of anilines is 1. The molecule has 3 N–H and O–H groups in total. The molecule has 0 aliphatic carbocycles. The average molecular weight is 194 g/mol. The fourth-order valence-electron chi connectivity index (χ4n) is 1.84. The van der Waals surface area contributed by atoms with Crippen LogP contribution in [0, 0.1) is 0 Å². The molecule has 1 saturated heterocycles. The number of H-pyrrole nitrogens is 1. The van der Waals surface area contributed by atoms with E-state index in [1.165, 1.54) is 19.3 Å². The van der Waals surface area contributed by atoms with Gasteiger partial charge in [0.25, 0.3) is 0 Å². The van der Waals surface area contributed by atoms with Gasteiger partial charge >= 0.3 is 0 Å². The lowest BCUT2D eigenvalue weighted by Crippen LogP contribution is -2.29. The molecule has 78 valence electrons. The third-order valence-electron chi connectivity index (χ3n) is 2.75. The van der Waals surface area contributed by atoms with Crippen LogP contribution in [-0.4, -0.2) is 23.3 Å². The Labute approximate surface area is 84.5 Å². The summed E-state index contributed by atoms with van der Waals surface area (Å²) in [6.45, 7) is 4.22. The summed E-state index contributed by atoms with van der Waals surface area (Å²) >= 11 is 0. The fraction of sp³-hybridized carbons (Fsp3) is 0.700. The van der Waals surface area contributed by atoms with Gasteiger partial charge in [0.15, 0.2) is 5.82 Å². The van der Waals surface area contributed by atoms with Crippen LogP contribution in [0.3, 0.4) is 0 Å². The minimum absolute atomic E-state index is 0.0426. The second-order valence-corrected chi connectivity index (χ2v) is 4.02. The zero-order chi connectivity index (χ0) is 9.97. The van der Waals surface area contributed by atoms with Gasteiger partial charge in [-0.15, -0.1) is 0 Å². The van der Waals surface area contributed by atoms with E-state index in [4.69, 9.17) is 5.73 Å². The van der Waals surface area contributed by atoms with Crippen molar-refractivity contribution in [2.24, 2.45) is 5.73 Å². The Kier molecular flexibility index (Phi) is 2.72. The Morgan fingerprint density at radius 1 is 1.43 bits per heavy atom. The summed E-state index contributed by atoms with van der Waals surface area (Å²) in [6.07, 6.45) is 3.90. The van der Waals surface area contributed by atoms with E-state index in [0.29, 0.717) is 0 Å². The van der Waals surface area contributed by atoms with Crippen molar-refractivity contribution >= 4 is 5.82 Å². The van der Waals surface area contributed by atoms with Gasteiger partial charge in [-0.1, -0.05) is 0 Å². The first-order chi connectivity index (χ1) is 6.77. The lowest BCUT2D eigenvalue weighted by atomic mass is 10.1. The highest BCUT2D eigenvalue weighted by atomic mass is 15.3. The van der Waals surface area contributed by atoms with Crippen molar-refractivity contribution < 1.29 is 0 Å². The third kappa shape index (κ3) is 1.90. The van der Waals surface area contributed by atoms with Crippen LogP contribution in [-0.2, 0) is 0 Å². The molecule has 1 fully saturated rings. The van der Waals surface area contributed by atoms with E-state index in [1.54, 1.807) is 0 Å². The summed E-state index contributed by atoms with van der Waals surface area (Å²) in [6, 6.07) is 2.11. The smallest absolute Gasteiger partial charge is 0.150 e. The van der Waals surface area contributed by atoms with Crippen LogP contribution in [0.2, 0.25) is 0 Å². The summed E-state index contributed by atoms with van der Waals surface area (Å²) in [7, 11) is 0. The number of aromatic amines is 1. The molecule has 1 aliphatic rings. The fourth-order valence-corrected chi connectivity index (χ4v) is 1.84. The van der Waals surface area contributed by atoms with E-state index in [9.17, 15) is 0 Å². The highest BCUT2D eigenvalue weighted by Gasteiger charge is 2.14. The molecule has 1 unspecified atom stereocenters. The molecule has 1 aliphatic heterocycles. The maximum Gasteiger partial charge on any atom is 0.150 e. The Morgan fingerprint density at radius 2 is 2.14 bits per heavy atom. The van der Waals surface area contributed by atoms with Gasteiger partial charge in [-0.2, -0.15) is 5.10 Å². The molecule has 0 saturated carbocycles. The average Bonchev–Trinajstić information content (AvgIpc) is 2.68. The molecule has 2 rings (SSSR count). The van der Waals surface area contributed by atoms with E-state index >= 15 is 0 Å². The second-order valence-electron chi connectivity index (χ2n) is 4.02. The lowest BCUT2D eigenvalue weighted by Gasteiger charge is -2.26. The number of nitrogens with zero attached hydrogens (tertiary/aromatic N) is 2. The second kappa shape index (κ2) is 4.00. The number of rotatable bonds is 2. The van der Waals surface area contributed by atoms with Crippen molar-refractivity contribution in [3.05, 3.63) is 11.8 Å². The normalized spacial score (nSPS) is 19.7. The van der Waals surface area contributed by atoms with E-state index in [0.717, 1.165) is 24.6 Å². The van der Waals surface area contributed by atoms with Gasteiger partial charge in [-0.05, 0) is 26.2 Å². The number of hydrogen-bond acceptors (Lipinski definition) is 3. The summed E-state index contributed by atoms with van der Waals surface area (Å²) in [4.78, 5) is 2.33. The molecule has 0 bridgehead atoms. The minimum Gasteiger partial charge on any atom is -0.355 e. The van der Waals surface area contributed by atoms with Crippen molar-refractivity contribution in [2.75, 3.05) is 18.0 Å². The monoisotopic (exact) mass is 194 g/mol. The van der Waals surface area contributed by atoms with Crippen LogP contribution in [0.4, 0.5) is 5.82 Å². The molecule has 14 heavy (non-hydrogen) atoms. The molecule has 0 spiro atoms. The quantitative estimate of drug-likeness (QED) is 0.748. The molecule has 4 nitrogen and oxygen atoms in total. The van der Waals surface area contributed by atoms with Crippen molar-refractivity contribution in [3.63, 3.8) is 0 Å². The zero-order valence-electron chi connectivity index (χ0n) is 8.66. The van der Waals surface area contributed by atoms with Crippen molar-refractivity contribution in [1.29, 1.82) is 0 Å². The third-order valence-corrected chi connectivity index (χ3v) is 2.75. The maximum absolute atomic E-state index is 5.77. The maximum atomic E-state index is 5.77. The van der Waals surface area contributed by atoms with Gasteiger partial charge in [0.2, 0.25) is 0 Å². The number of aromatic nitrogens is 2. The van der Waals surface area contributed by atoms with Crippen molar-refractivity contribution in [1.82, 2.24) is 10.2 Å². The molecule has 1 aromatic rings. The van der Waals surface area contributed by atoms with Gasteiger partial charge in [-0.3, -0.25) is 5.10 Å². The molecule has 1 atom stereocenters. The standard InChI is InChI=1S/C10H18N4/c1-8(11)9-7-10(13-12-9)14-5-3-2-4-6-14/h7-8H,2-6,11H2,1H3,(H,12,13). The number of nitrogens with two attached hydrogens (primary N) is 1. The van der Waals surface area contributed by atoms with Crippen molar-refractivity contribution in [2.45, 2.75) is 32.2 Å². The molecule has 0 amide bonds. The molecule has 0 aromatic carbocycles. The first kappa shape index (κ1) is 9.52. The van der Waals surface area contributed by atoms with Gasteiger partial charge in [-0.25, -0.2) is 0 Å². The van der Waals surface area contributed by atoms with Gasteiger partial charge < -0.3 is 10.6 Å². The number of piperidine rings is 1. The first-order valence-corrected chi connectivity index (χ1v) is 5.33. The van der Waals surface area contributed by atoms with Gasteiger partial charge in [0.05, 0.1) is 5.69 Å². The topological polar surface area (TPSA) is 57.9 Å². The molecule has 0 radical (unpaired) electrons. The molecule has 1 aromatic heterocycles. The minimum atomic E-state index is 0.0426. The van der Waals surface area contributed by atoms with E-state index < -0.39 is 0 Å². The largest absolute Gasteiger partial charge is 0.355 e. The highest BCUT2D eigenvalue weighted by molar-refractivity contribution is 5.40. The Hall–Kier alpha value is -1.03. The predicted octanol–water partition coefficient (Wildman–Crippen LogP) is 1.42. The number of hydrogen-bond donors (Lipinski definition) is 2. The van der Waals surface area contributed by atoms with Crippen LogP contribution in [0.5, 0.6) is 0 Å². The molecule has 4 heteroatoms. The van der Waals surface area contributed by atoms with Crippen LogP contribution in [0.15, 0.2) is 6.07 Å². The summed E-state index contributed by atoms with van der Waals surface area (Å²) < 4.78 is 0. The first-order valence-electron chi connectivity index (χ1n) is 5.33. The van der Waals surface area contributed by atoms with E-state index in [1.807, 2.05) is 6.92 Å². The Balaban J connectivity index is 2.07. The van der Waals surface area contributed by atoms with Crippen LogP contribution < -0.4 is 10.6 Å². The van der Waals surface area contributed by atoms with E-state index in [-0.39, 0.29) is 6.04 Å².